The van der Waals surface area contributed by atoms with Crippen molar-refractivity contribution in [3.05, 3.63) is 66.2 Å². The Hall–Kier alpha value is -2.75. The van der Waals surface area contributed by atoms with Gasteiger partial charge in [0.1, 0.15) is 11.0 Å². The number of fused-ring (bicyclic) bond motifs is 1. The van der Waals surface area contributed by atoms with E-state index in [4.69, 9.17) is 0 Å². The van der Waals surface area contributed by atoms with Crippen LogP contribution in [-0.4, -0.2) is 4.98 Å². The molecular formula is C33H49N3O. The third-order valence-corrected chi connectivity index (χ3v) is 7.44. The van der Waals surface area contributed by atoms with Crippen LogP contribution < -0.4 is 15.0 Å². The number of allylic oxidation sites excluding steroid dienone is 1. The summed E-state index contributed by atoms with van der Waals surface area (Å²) in [5, 5.41) is 16.3. The van der Waals surface area contributed by atoms with Crippen LogP contribution in [0.5, 0.6) is 5.75 Å². The van der Waals surface area contributed by atoms with Gasteiger partial charge in [0, 0.05) is 0 Å². The van der Waals surface area contributed by atoms with Crippen LogP contribution in [0.3, 0.4) is 0 Å². The molecule has 0 bridgehead atoms. The van der Waals surface area contributed by atoms with Gasteiger partial charge in [-0.1, -0.05) is 138 Å². The average Bonchev–Trinajstić information content (AvgIpc) is 3.27. The first kappa shape index (κ1) is 28.8. The van der Waals surface area contributed by atoms with Crippen molar-refractivity contribution in [1.82, 2.24) is 4.98 Å². The lowest BCUT2D eigenvalue weighted by molar-refractivity contribution is -0.657. The molecule has 202 valence electrons. The smallest absolute Gasteiger partial charge is 0.356 e. The number of anilines is 1. The molecule has 3 rings (SSSR count). The molecule has 0 aliphatic rings. The minimum Gasteiger partial charge on any atom is -0.872 e. The minimum atomic E-state index is 0.115. The number of hydrogen-bond acceptors (Lipinski definition) is 2. The highest BCUT2D eigenvalue weighted by Gasteiger charge is 2.16. The largest absolute Gasteiger partial charge is 0.872 e. The summed E-state index contributed by atoms with van der Waals surface area (Å²) in [4.78, 5) is 3.53. The summed E-state index contributed by atoms with van der Waals surface area (Å²) in [6.07, 6.45) is 21.6. The zero-order valence-corrected chi connectivity index (χ0v) is 23.2. The predicted molar refractivity (Wildman–Crippen MR) is 156 cm³/mol. The molecule has 1 aromatic heterocycles. The van der Waals surface area contributed by atoms with Gasteiger partial charge in [-0.25, -0.2) is 9.55 Å². The summed E-state index contributed by atoms with van der Waals surface area (Å²) in [7, 11) is 0. The van der Waals surface area contributed by atoms with Crippen LogP contribution in [0.1, 0.15) is 108 Å². The number of H-pyrrole nitrogens is 1. The van der Waals surface area contributed by atoms with E-state index in [0.717, 1.165) is 29.1 Å². The molecule has 0 aliphatic heterocycles. The van der Waals surface area contributed by atoms with Crippen LogP contribution in [0.25, 0.3) is 11.0 Å². The van der Waals surface area contributed by atoms with E-state index in [0.29, 0.717) is 13.0 Å². The van der Waals surface area contributed by atoms with Gasteiger partial charge in [-0.05, 0) is 30.5 Å². The van der Waals surface area contributed by atoms with Crippen LogP contribution >= 0.6 is 0 Å². The summed E-state index contributed by atoms with van der Waals surface area (Å²) in [5.41, 5.74) is 3.93. The van der Waals surface area contributed by atoms with Gasteiger partial charge in [0.05, 0.1) is 13.1 Å². The van der Waals surface area contributed by atoms with Crippen LogP contribution in [-0.2, 0) is 19.5 Å². The Morgan fingerprint density at radius 2 is 1.38 bits per heavy atom. The SMILES string of the molecule is C=CCc1cccc(CNc2[nH]c3ccccc3[n+]2CCCCCCCCCCCCCCCC)c1[O-]. The number of benzene rings is 2. The molecule has 0 amide bonds. The fraction of sp³-hybridized carbons (Fsp3) is 0.545. The molecule has 0 radical (unpaired) electrons. The number of aryl methyl sites for hydroxylation is 1. The van der Waals surface area contributed by atoms with Gasteiger partial charge < -0.3 is 5.11 Å². The lowest BCUT2D eigenvalue weighted by atomic mass is 10.0. The maximum atomic E-state index is 12.8. The zero-order chi connectivity index (χ0) is 26.1. The van der Waals surface area contributed by atoms with Gasteiger partial charge in [0.2, 0.25) is 0 Å². The van der Waals surface area contributed by atoms with Crippen molar-refractivity contribution in [3.63, 3.8) is 0 Å². The first-order valence-corrected chi connectivity index (χ1v) is 14.9. The molecule has 4 nitrogen and oxygen atoms in total. The molecule has 37 heavy (non-hydrogen) atoms. The Bertz CT molecular complexity index is 1050. The number of unbranched alkanes of at least 4 members (excludes halogenated alkanes) is 13. The minimum absolute atomic E-state index is 0.115. The first-order chi connectivity index (χ1) is 18.2. The van der Waals surface area contributed by atoms with E-state index >= 15 is 0 Å². The van der Waals surface area contributed by atoms with Crippen molar-refractivity contribution in [1.29, 1.82) is 0 Å². The van der Waals surface area contributed by atoms with E-state index in [-0.39, 0.29) is 5.75 Å². The number of rotatable bonds is 20. The zero-order valence-electron chi connectivity index (χ0n) is 23.2. The highest BCUT2D eigenvalue weighted by molar-refractivity contribution is 5.72. The third-order valence-electron chi connectivity index (χ3n) is 7.44. The molecule has 0 unspecified atom stereocenters. The summed E-state index contributed by atoms with van der Waals surface area (Å²) in [5.74, 6) is 1.09. The molecule has 0 fully saturated rings. The fourth-order valence-corrected chi connectivity index (χ4v) is 5.24. The van der Waals surface area contributed by atoms with Gasteiger partial charge in [-0.15, -0.1) is 6.58 Å². The van der Waals surface area contributed by atoms with Gasteiger partial charge in [-0.2, -0.15) is 0 Å². The van der Waals surface area contributed by atoms with E-state index in [1.807, 2.05) is 18.2 Å². The maximum absolute atomic E-state index is 12.8. The number of nitrogens with zero attached hydrogens (tertiary/aromatic N) is 1. The molecule has 0 aliphatic carbocycles. The molecular weight excluding hydrogens is 454 g/mol. The molecule has 2 N–H and O–H groups in total. The standard InChI is InChI=1S/C33H49N3O/c1-3-5-6-7-8-9-10-11-12-13-14-15-16-19-26-36-31-25-18-17-24-30(31)35-33(36)34-27-29-23-20-22-28(21-4-2)32(29)37/h4,17-18,20,22-25H,2-3,5-16,19,21,26-27H2,1H3,(H2,34,35,37). The van der Waals surface area contributed by atoms with Crippen LogP contribution in [0.2, 0.25) is 0 Å². The average molecular weight is 504 g/mol. The molecule has 4 heteroatoms. The lowest BCUT2D eigenvalue weighted by Gasteiger charge is -2.17. The van der Waals surface area contributed by atoms with Crippen molar-refractivity contribution in [2.24, 2.45) is 0 Å². The van der Waals surface area contributed by atoms with Gasteiger partial charge in [0.15, 0.2) is 0 Å². The first-order valence-electron chi connectivity index (χ1n) is 14.9. The van der Waals surface area contributed by atoms with Crippen molar-refractivity contribution >= 4 is 17.0 Å². The van der Waals surface area contributed by atoms with Gasteiger partial charge >= 0.3 is 5.95 Å². The van der Waals surface area contributed by atoms with Crippen molar-refractivity contribution in [3.8, 4) is 5.75 Å². The summed E-state index contributed by atoms with van der Waals surface area (Å²) < 4.78 is 2.34. The number of nitrogens with one attached hydrogen (secondary N) is 2. The molecule has 0 saturated carbocycles. The van der Waals surface area contributed by atoms with Crippen LogP contribution in [0, 0.1) is 0 Å². The number of para-hydroxylation sites is 3. The van der Waals surface area contributed by atoms with Gasteiger partial charge in [0.25, 0.3) is 0 Å². The summed E-state index contributed by atoms with van der Waals surface area (Å²) in [6, 6.07) is 14.2. The second kappa shape index (κ2) is 16.9. The quantitative estimate of drug-likeness (QED) is 0.0924. The Balaban J connectivity index is 1.40. The highest BCUT2D eigenvalue weighted by atomic mass is 16.3. The Morgan fingerprint density at radius 1 is 0.784 bits per heavy atom. The van der Waals surface area contributed by atoms with Crippen molar-refractivity contribution in [2.75, 3.05) is 5.32 Å². The number of aromatic amines is 1. The Labute approximate surface area is 225 Å². The topological polar surface area (TPSA) is 54.8 Å². The summed E-state index contributed by atoms with van der Waals surface area (Å²) in [6.45, 7) is 7.54. The number of hydrogen-bond donors (Lipinski definition) is 2. The molecule has 3 aromatic rings. The van der Waals surface area contributed by atoms with E-state index in [2.05, 4.69) is 52.6 Å². The number of imidazole rings is 1. The van der Waals surface area contributed by atoms with Crippen LogP contribution in [0.4, 0.5) is 5.95 Å². The Kier molecular flexibility index (Phi) is 13.2. The second-order valence-electron chi connectivity index (χ2n) is 10.5. The maximum Gasteiger partial charge on any atom is 0.356 e. The fourth-order valence-electron chi connectivity index (χ4n) is 5.24. The van der Waals surface area contributed by atoms with Gasteiger partial charge in [-0.3, -0.25) is 5.32 Å². The normalized spacial score (nSPS) is 11.3. The van der Waals surface area contributed by atoms with E-state index < -0.39 is 0 Å². The Morgan fingerprint density at radius 3 is 2.03 bits per heavy atom. The predicted octanol–water partition coefficient (Wildman–Crippen LogP) is 8.35. The molecule has 1 heterocycles. The molecule has 0 atom stereocenters. The van der Waals surface area contributed by atoms with E-state index in [9.17, 15) is 5.11 Å². The highest BCUT2D eigenvalue weighted by Crippen LogP contribution is 2.22. The molecule has 2 aromatic carbocycles. The summed E-state index contributed by atoms with van der Waals surface area (Å²) >= 11 is 0. The van der Waals surface area contributed by atoms with Crippen LogP contribution in [0.15, 0.2) is 55.1 Å². The second-order valence-corrected chi connectivity index (χ2v) is 10.5. The molecule has 0 spiro atoms. The van der Waals surface area contributed by atoms with E-state index in [1.54, 1.807) is 6.08 Å². The van der Waals surface area contributed by atoms with Crippen molar-refractivity contribution in [2.45, 2.75) is 116 Å². The third kappa shape index (κ3) is 9.57. The van der Waals surface area contributed by atoms with E-state index in [1.165, 1.54) is 95.4 Å². The van der Waals surface area contributed by atoms with Crippen molar-refractivity contribution < 1.29 is 9.67 Å². The number of aromatic nitrogens is 2. The lowest BCUT2D eigenvalue weighted by Crippen LogP contribution is -2.36. The monoisotopic (exact) mass is 503 g/mol. The molecule has 0 saturated heterocycles.